The molecule has 2 saturated carbocycles. The molecule has 0 radical (unpaired) electrons. The van der Waals surface area contributed by atoms with E-state index in [0.717, 1.165) is 25.7 Å². The molecule has 1 aromatic rings. The number of benzene rings is 1. The van der Waals surface area contributed by atoms with Crippen molar-refractivity contribution in [3.8, 4) is 0 Å². The van der Waals surface area contributed by atoms with Gasteiger partial charge in [-0.15, -0.1) is 0 Å². The molecule has 0 unspecified atom stereocenters. The molecular weight excluding hydrogens is 316 g/mol. The Bertz CT molecular complexity index is 698. The summed E-state index contributed by atoms with van der Waals surface area (Å²) in [5, 5.41) is 12.8. The van der Waals surface area contributed by atoms with Gasteiger partial charge in [0, 0.05) is 19.1 Å². The largest absolute Gasteiger partial charge is 0.481 e. The first-order valence-corrected chi connectivity index (χ1v) is 9.34. The molecule has 134 valence electrons. The van der Waals surface area contributed by atoms with E-state index in [-0.39, 0.29) is 18.0 Å². The van der Waals surface area contributed by atoms with Gasteiger partial charge in [0.1, 0.15) is 0 Å². The molecule has 2 N–H and O–H groups in total. The summed E-state index contributed by atoms with van der Waals surface area (Å²) in [5.41, 5.74) is 2.00. The third-order valence-electron chi connectivity index (χ3n) is 6.68. The monoisotopic (exact) mass is 342 g/mol. The maximum absolute atomic E-state index is 12.6. The summed E-state index contributed by atoms with van der Waals surface area (Å²) in [5.74, 6) is -0.0831. The molecule has 0 spiro atoms. The van der Waals surface area contributed by atoms with E-state index in [0.29, 0.717) is 25.4 Å². The van der Waals surface area contributed by atoms with E-state index in [4.69, 9.17) is 0 Å². The highest BCUT2D eigenvalue weighted by atomic mass is 16.4. The lowest BCUT2D eigenvalue weighted by molar-refractivity contribution is -0.149. The summed E-state index contributed by atoms with van der Waals surface area (Å²) in [6.07, 6.45) is 4.54. The molecule has 2 aliphatic carbocycles. The highest BCUT2D eigenvalue weighted by Crippen LogP contribution is 2.49. The molecule has 1 saturated heterocycles. The van der Waals surface area contributed by atoms with Gasteiger partial charge in [0.05, 0.1) is 5.41 Å². The van der Waals surface area contributed by atoms with Crippen molar-refractivity contribution < 1.29 is 14.7 Å². The van der Waals surface area contributed by atoms with Crippen molar-refractivity contribution in [1.29, 1.82) is 0 Å². The Morgan fingerprint density at radius 3 is 2.72 bits per heavy atom. The van der Waals surface area contributed by atoms with Crippen molar-refractivity contribution >= 4 is 12.0 Å². The molecule has 0 bridgehead atoms. The molecule has 25 heavy (non-hydrogen) atoms. The summed E-state index contributed by atoms with van der Waals surface area (Å²) in [4.78, 5) is 26.0. The van der Waals surface area contributed by atoms with Gasteiger partial charge in [0.2, 0.25) is 0 Å². The molecule has 5 nitrogen and oxygen atoms in total. The van der Waals surface area contributed by atoms with Crippen LogP contribution in [0.15, 0.2) is 24.3 Å². The molecule has 1 aromatic carbocycles. The molecule has 1 aliphatic heterocycles. The van der Waals surface area contributed by atoms with E-state index < -0.39 is 11.4 Å². The Balaban J connectivity index is 1.33. The number of nitrogens with zero attached hydrogens (tertiary/aromatic N) is 1. The van der Waals surface area contributed by atoms with Crippen LogP contribution >= 0.6 is 0 Å². The number of carboxylic acid groups (broad SMARTS) is 1. The summed E-state index contributed by atoms with van der Waals surface area (Å²) in [6, 6.07) is 8.56. The number of carboxylic acids is 1. The van der Waals surface area contributed by atoms with Crippen molar-refractivity contribution in [2.75, 3.05) is 13.1 Å². The zero-order chi connectivity index (χ0) is 17.6. The molecule has 2 amide bonds. The zero-order valence-corrected chi connectivity index (χ0v) is 14.7. The van der Waals surface area contributed by atoms with Crippen LogP contribution in [0.2, 0.25) is 0 Å². The maximum atomic E-state index is 12.6. The van der Waals surface area contributed by atoms with E-state index in [9.17, 15) is 14.7 Å². The van der Waals surface area contributed by atoms with Gasteiger partial charge in [-0.2, -0.15) is 0 Å². The van der Waals surface area contributed by atoms with Gasteiger partial charge in [-0.25, -0.2) is 4.79 Å². The molecule has 4 rings (SSSR count). The van der Waals surface area contributed by atoms with Gasteiger partial charge in [-0.05, 0) is 55.6 Å². The van der Waals surface area contributed by atoms with Crippen LogP contribution in [0.5, 0.6) is 0 Å². The third kappa shape index (κ3) is 2.70. The van der Waals surface area contributed by atoms with E-state index in [2.05, 4.69) is 36.5 Å². The van der Waals surface area contributed by atoms with Crippen LogP contribution in [-0.4, -0.2) is 41.1 Å². The summed E-state index contributed by atoms with van der Waals surface area (Å²) in [6.45, 7) is 3.09. The standard InChI is InChI=1S/C20H26N2O3/c1-13-5-2-3-7-17(13)14-9-16(10-14)21-19(25)22-11-15-6-4-8-20(15,12-22)18(23)24/h2-3,5,7,14-16H,4,6,8-12H2,1H3,(H,21,25)(H,23,24)/t14?,15-,16?,20+/m0/s1. The van der Waals surface area contributed by atoms with Crippen LogP contribution < -0.4 is 5.32 Å². The van der Waals surface area contributed by atoms with Crippen molar-refractivity contribution in [2.24, 2.45) is 11.3 Å². The maximum Gasteiger partial charge on any atom is 0.317 e. The Labute approximate surface area is 148 Å². The number of aryl methyl sites for hydroxylation is 1. The highest BCUT2D eigenvalue weighted by molar-refractivity contribution is 5.80. The third-order valence-corrected chi connectivity index (χ3v) is 6.68. The first kappa shape index (κ1) is 16.4. The topological polar surface area (TPSA) is 69.6 Å². The van der Waals surface area contributed by atoms with E-state index in [1.54, 1.807) is 4.90 Å². The fraction of sp³-hybridized carbons (Fsp3) is 0.600. The number of amides is 2. The zero-order valence-electron chi connectivity index (χ0n) is 14.7. The molecule has 1 heterocycles. The second kappa shape index (κ2) is 6.04. The SMILES string of the molecule is Cc1ccccc1C1CC(NC(=O)N2C[C@@H]3CCC[C@@]3(C(=O)O)C2)C1. The molecule has 3 aliphatic rings. The molecule has 3 fully saturated rings. The normalized spacial score (nSPS) is 33.6. The lowest BCUT2D eigenvalue weighted by Crippen LogP contribution is -2.49. The number of likely N-dealkylation sites (tertiary alicyclic amines) is 1. The fourth-order valence-corrected chi connectivity index (χ4v) is 5.09. The average Bonchev–Trinajstić information content (AvgIpc) is 3.09. The number of carbonyl (C=O) groups is 2. The smallest absolute Gasteiger partial charge is 0.317 e. The first-order valence-electron chi connectivity index (χ1n) is 9.34. The molecule has 0 aromatic heterocycles. The lowest BCUT2D eigenvalue weighted by atomic mass is 9.74. The van der Waals surface area contributed by atoms with Gasteiger partial charge in [-0.3, -0.25) is 4.79 Å². The quantitative estimate of drug-likeness (QED) is 0.886. The first-order chi connectivity index (χ1) is 12.0. The Hall–Kier alpha value is -2.04. The van der Waals surface area contributed by atoms with Crippen molar-refractivity contribution in [3.63, 3.8) is 0 Å². The average molecular weight is 342 g/mol. The van der Waals surface area contributed by atoms with Gasteiger partial charge >= 0.3 is 12.0 Å². The van der Waals surface area contributed by atoms with Crippen LogP contribution in [0, 0.1) is 18.3 Å². The molecule has 2 atom stereocenters. The van der Waals surface area contributed by atoms with Crippen LogP contribution in [0.1, 0.15) is 49.1 Å². The van der Waals surface area contributed by atoms with E-state index >= 15 is 0 Å². The van der Waals surface area contributed by atoms with Gasteiger partial charge < -0.3 is 15.3 Å². The van der Waals surface area contributed by atoms with Crippen molar-refractivity contribution in [2.45, 2.75) is 51.0 Å². The number of urea groups is 1. The number of nitrogens with one attached hydrogen (secondary N) is 1. The van der Waals surface area contributed by atoms with Crippen LogP contribution in [-0.2, 0) is 4.79 Å². The highest BCUT2D eigenvalue weighted by Gasteiger charge is 2.56. The number of aliphatic carboxylic acids is 1. The minimum Gasteiger partial charge on any atom is -0.481 e. The van der Waals surface area contributed by atoms with Gasteiger partial charge in [0.25, 0.3) is 0 Å². The number of hydrogen-bond acceptors (Lipinski definition) is 2. The molecular formula is C20H26N2O3. The molecule has 5 heteroatoms. The van der Waals surface area contributed by atoms with Gasteiger partial charge in [0.15, 0.2) is 0 Å². The van der Waals surface area contributed by atoms with Gasteiger partial charge in [-0.1, -0.05) is 30.7 Å². The van der Waals surface area contributed by atoms with Crippen LogP contribution in [0.25, 0.3) is 0 Å². The Morgan fingerprint density at radius 2 is 2.04 bits per heavy atom. The fourth-order valence-electron chi connectivity index (χ4n) is 5.09. The van der Waals surface area contributed by atoms with E-state index in [1.807, 2.05) is 0 Å². The Kier molecular flexibility index (Phi) is 3.97. The summed E-state index contributed by atoms with van der Waals surface area (Å²) >= 11 is 0. The van der Waals surface area contributed by atoms with Crippen LogP contribution in [0.3, 0.4) is 0 Å². The van der Waals surface area contributed by atoms with E-state index in [1.165, 1.54) is 11.1 Å². The predicted molar refractivity (Wildman–Crippen MR) is 94.5 cm³/mol. The lowest BCUT2D eigenvalue weighted by Gasteiger charge is -2.38. The second-order valence-corrected chi connectivity index (χ2v) is 8.10. The summed E-state index contributed by atoms with van der Waals surface area (Å²) < 4.78 is 0. The number of fused-ring (bicyclic) bond motifs is 1. The van der Waals surface area contributed by atoms with Crippen molar-refractivity contribution in [3.05, 3.63) is 35.4 Å². The second-order valence-electron chi connectivity index (χ2n) is 8.10. The number of carbonyl (C=O) groups excluding carboxylic acids is 1. The summed E-state index contributed by atoms with van der Waals surface area (Å²) in [7, 11) is 0. The minimum absolute atomic E-state index is 0.0803. The predicted octanol–water partition coefficient (Wildman–Crippen LogP) is 3.14. The minimum atomic E-state index is -0.728. The Morgan fingerprint density at radius 1 is 1.28 bits per heavy atom. The number of hydrogen-bond donors (Lipinski definition) is 2. The number of rotatable bonds is 3. The van der Waals surface area contributed by atoms with Crippen LogP contribution in [0.4, 0.5) is 4.79 Å². The van der Waals surface area contributed by atoms with Crippen molar-refractivity contribution in [1.82, 2.24) is 10.2 Å².